The molecular weight excluding hydrogens is 290 g/mol. The van der Waals surface area contributed by atoms with Crippen molar-refractivity contribution < 1.29 is 9.84 Å². The van der Waals surface area contributed by atoms with E-state index in [1.807, 2.05) is 31.1 Å². The maximum absolute atomic E-state index is 9.82. The van der Waals surface area contributed by atoms with Crippen molar-refractivity contribution in [3.05, 3.63) is 24.3 Å². The van der Waals surface area contributed by atoms with E-state index in [1.54, 1.807) is 0 Å². The normalized spacial score (nSPS) is 23.7. The Balaban J connectivity index is 1.80. The van der Waals surface area contributed by atoms with E-state index in [0.717, 1.165) is 24.5 Å². The zero-order valence-corrected chi connectivity index (χ0v) is 14.8. The first kappa shape index (κ1) is 18.0. The van der Waals surface area contributed by atoms with Crippen LogP contribution >= 0.6 is 0 Å². The number of nitrogens with zero attached hydrogens (tertiary/aromatic N) is 2. The van der Waals surface area contributed by atoms with Crippen molar-refractivity contribution in [3.8, 4) is 5.75 Å². The van der Waals surface area contributed by atoms with Gasteiger partial charge in [0, 0.05) is 24.8 Å². The number of ether oxygens (including phenoxy) is 1. The number of hydrogen-bond acceptors (Lipinski definition) is 5. The SMILES string of the molecule is CC1CN(C)CCC1Nc1ccc(OCC(O)CN(C)C)cc1. The number of likely N-dealkylation sites (N-methyl/N-ethyl adjacent to an activating group) is 1. The first-order valence-electron chi connectivity index (χ1n) is 8.45. The van der Waals surface area contributed by atoms with Gasteiger partial charge >= 0.3 is 0 Å². The van der Waals surface area contributed by atoms with Crippen LogP contribution in [-0.2, 0) is 0 Å². The first-order valence-corrected chi connectivity index (χ1v) is 8.45. The van der Waals surface area contributed by atoms with Crippen LogP contribution in [0.2, 0.25) is 0 Å². The van der Waals surface area contributed by atoms with Gasteiger partial charge in [-0.1, -0.05) is 6.92 Å². The van der Waals surface area contributed by atoms with Gasteiger partial charge in [0.05, 0.1) is 0 Å². The Bertz CT molecular complexity index is 464. The van der Waals surface area contributed by atoms with E-state index in [9.17, 15) is 5.11 Å². The van der Waals surface area contributed by atoms with E-state index in [2.05, 4.69) is 36.3 Å². The molecule has 1 heterocycles. The molecule has 3 unspecified atom stereocenters. The molecule has 2 N–H and O–H groups in total. The Kier molecular flexibility index (Phi) is 6.69. The van der Waals surface area contributed by atoms with Crippen molar-refractivity contribution in [2.75, 3.05) is 52.7 Å². The largest absolute Gasteiger partial charge is 0.491 e. The molecule has 1 aliphatic rings. The molecule has 0 saturated carbocycles. The third-order valence-electron chi connectivity index (χ3n) is 4.33. The summed E-state index contributed by atoms with van der Waals surface area (Å²) < 4.78 is 5.64. The van der Waals surface area contributed by atoms with Gasteiger partial charge in [-0.15, -0.1) is 0 Å². The van der Waals surface area contributed by atoms with Crippen molar-refractivity contribution in [3.63, 3.8) is 0 Å². The number of hydrogen-bond donors (Lipinski definition) is 2. The summed E-state index contributed by atoms with van der Waals surface area (Å²) in [4.78, 5) is 4.34. The quantitative estimate of drug-likeness (QED) is 0.801. The molecule has 1 saturated heterocycles. The van der Waals surface area contributed by atoms with Gasteiger partial charge in [-0.3, -0.25) is 0 Å². The first-order chi connectivity index (χ1) is 10.9. The number of aliphatic hydroxyl groups excluding tert-OH is 1. The van der Waals surface area contributed by atoms with E-state index in [1.165, 1.54) is 6.42 Å². The minimum absolute atomic E-state index is 0.316. The van der Waals surface area contributed by atoms with Gasteiger partial charge in [-0.2, -0.15) is 0 Å². The predicted octanol–water partition coefficient (Wildman–Crippen LogP) is 1.74. The van der Waals surface area contributed by atoms with Gasteiger partial charge in [0.2, 0.25) is 0 Å². The van der Waals surface area contributed by atoms with Crippen molar-refractivity contribution in [2.24, 2.45) is 5.92 Å². The standard InChI is InChI=1S/C18H31N3O2/c1-14-11-21(4)10-9-18(14)19-15-5-7-17(8-6-15)23-13-16(22)12-20(2)3/h5-8,14,16,18-19,22H,9-13H2,1-4H3. The summed E-state index contributed by atoms with van der Waals surface area (Å²) >= 11 is 0. The van der Waals surface area contributed by atoms with E-state index in [0.29, 0.717) is 25.1 Å². The number of piperidine rings is 1. The molecule has 0 amide bonds. The van der Waals surface area contributed by atoms with Crippen LogP contribution in [-0.4, -0.2) is 74.4 Å². The fourth-order valence-electron chi connectivity index (χ4n) is 3.10. The van der Waals surface area contributed by atoms with Gasteiger partial charge in [0.25, 0.3) is 0 Å². The highest BCUT2D eigenvalue weighted by atomic mass is 16.5. The van der Waals surface area contributed by atoms with Crippen molar-refractivity contribution >= 4 is 5.69 Å². The molecule has 130 valence electrons. The maximum Gasteiger partial charge on any atom is 0.119 e. The molecule has 1 aliphatic heterocycles. The number of likely N-dealkylation sites (tertiary alicyclic amines) is 1. The lowest BCUT2D eigenvalue weighted by molar-refractivity contribution is 0.0831. The minimum atomic E-state index is -0.470. The van der Waals surface area contributed by atoms with E-state index in [-0.39, 0.29) is 0 Å². The van der Waals surface area contributed by atoms with Crippen LogP contribution < -0.4 is 10.1 Å². The Morgan fingerprint density at radius 3 is 2.65 bits per heavy atom. The molecule has 2 rings (SSSR count). The van der Waals surface area contributed by atoms with Crippen LogP contribution in [0.1, 0.15) is 13.3 Å². The number of aliphatic hydroxyl groups is 1. The number of benzene rings is 1. The van der Waals surface area contributed by atoms with Crippen LogP contribution in [0.3, 0.4) is 0 Å². The summed E-state index contributed by atoms with van der Waals surface area (Å²) in [5.41, 5.74) is 1.13. The molecular formula is C18H31N3O2. The summed E-state index contributed by atoms with van der Waals surface area (Å²) in [6, 6.07) is 8.56. The highest BCUT2D eigenvalue weighted by molar-refractivity contribution is 5.47. The molecule has 5 heteroatoms. The number of nitrogens with one attached hydrogen (secondary N) is 1. The van der Waals surface area contributed by atoms with Crippen molar-refractivity contribution in [1.29, 1.82) is 0 Å². The van der Waals surface area contributed by atoms with Crippen molar-refractivity contribution in [1.82, 2.24) is 9.80 Å². The summed E-state index contributed by atoms with van der Waals surface area (Å²) in [6.07, 6.45) is 0.704. The lowest BCUT2D eigenvalue weighted by Gasteiger charge is -2.35. The Morgan fingerprint density at radius 1 is 1.35 bits per heavy atom. The average molecular weight is 321 g/mol. The Morgan fingerprint density at radius 2 is 2.04 bits per heavy atom. The van der Waals surface area contributed by atoms with Crippen LogP contribution in [0.25, 0.3) is 0 Å². The zero-order valence-electron chi connectivity index (χ0n) is 14.8. The van der Waals surface area contributed by atoms with Crippen LogP contribution in [0.4, 0.5) is 5.69 Å². The van der Waals surface area contributed by atoms with Crippen LogP contribution in [0.5, 0.6) is 5.75 Å². The van der Waals surface area contributed by atoms with E-state index in [4.69, 9.17) is 4.74 Å². The molecule has 1 fully saturated rings. The third kappa shape index (κ3) is 6.01. The van der Waals surface area contributed by atoms with Gasteiger partial charge in [0.15, 0.2) is 0 Å². The molecule has 23 heavy (non-hydrogen) atoms. The second kappa shape index (κ2) is 8.52. The highest BCUT2D eigenvalue weighted by Crippen LogP contribution is 2.22. The van der Waals surface area contributed by atoms with Gasteiger partial charge in [-0.05, 0) is 64.3 Å². The smallest absolute Gasteiger partial charge is 0.119 e. The second-order valence-electron chi connectivity index (χ2n) is 7.03. The van der Waals surface area contributed by atoms with E-state index >= 15 is 0 Å². The second-order valence-corrected chi connectivity index (χ2v) is 7.03. The Hall–Kier alpha value is -1.30. The fraction of sp³-hybridized carbons (Fsp3) is 0.667. The molecule has 1 aromatic carbocycles. The van der Waals surface area contributed by atoms with Gasteiger partial charge in [0.1, 0.15) is 18.5 Å². The summed E-state index contributed by atoms with van der Waals surface area (Å²) in [7, 11) is 6.06. The predicted molar refractivity (Wildman–Crippen MR) is 95.2 cm³/mol. The monoisotopic (exact) mass is 321 g/mol. The third-order valence-corrected chi connectivity index (χ3v) is 4.33. The van der Waals surface area contributed by atoms with Gasteiger partial charge in [-0.25, -0.2) is 0 Å². The Labute approximate surface area is 140 Å². The maximum atomic E-state index is 9.82. The summed E-state index contributed by atoms with van der Waals surface area (Å²) in [5.74, 6) is 1.44. The molecule has 0 bridgehead atoms. The molecule has 5 nitrogen and oxygen atoms in total. The number of anilines is 1. The summed E-state index contributed by atoms with van der Waals surface area (Å²) in [6.45, 7) is 5.51. The summed E-state index contributed by atoms with van der Waals surface area (Å²) in [5, 5.41) is 13.5. The van der Waals surface area contributed by atoms with Gasteiger partial charge < -0.3 is 25.0 Å². The minimum Gasteiger partial charge on any atom is -0.491 e. The molecule has 0 radical (unpaired) electrons. The lowest BCUT2D eigenvalue weighted by atomic mass is 9.94. The molecule has 3 atom stereocenters. The number of rotatable bonds is 7. The molecule has 0 spiro atoms. The van der Waals surface area contributed by atoms with E-state index < -0.39 is 6.10 Å². The van der Waals surface area contributed by atoms with Crippen LogP contribution in [0, 0.1) is 5.92 Å². The topological polar surface area (TPSA) is 48.0 Å². The molecule has 1 aromatic rings. The highest BCUT2D eigenvalue weighted by Gasteiger charge is 2.23. The lowest BCUT2D eigenvalue weighted by Crippen LogP contribution is -2.43. The fourth-order valence-corrected chi connectivity index (χ4v) is 3.10. The molecule has 0 aliphatic carbocycles. The van der Waals surface area contributed by atoms with Crippen LogP contribution in [0.15, 0.2) is 24.3 Å². The zero-order chi connectivity index (χ0) is 16.8. The molecule has 0 aromatic heterocycles. The average Bonchev–Trinajstić information content (AvgIpc) is 2.49. The van der Waals surface area contributed by atoms with Crippen molar-refractivity contribution in [2.45, 2.75) is 25.5 Å².